The topological polar surface area (TPSA) is 38.5 Å². The zero-order valence-corrected chi connectivity index (χ0v) is 13.8. The Labute approximate surface area is 125 Å². The molecule has 5 atom stereocenters. The van der Waals surface area contributed by atoms with Crippen molar-refractivity contribution in [1.82, 2.24) is 4.90 Å². The Morgan fingerprint density at radius 2 is 1.95 bits per heavy atom. The molecule has 0 heterocycles. The Balaban J connectivity index is 1.94. The predicted octanol–water partition coefficient (Wildman–Crippen LogP) is 2.74. The molecule has 0 amide bonds. The summed E-state index contributed by atoms with van der Waals surface area (Å²) in [5, 5.41) is 0. The zero-order chi connectivity index (χ0) is 14.7. The van der Waals surface area contributed by atoms with Crippen LogP contribution in [0.4, 0.5) is 0 Å². The molecule has 3 nitrogen and oxygen atoms in total. The summed E-state index contributed by atoms with van der Waals surface area (Å²) in [7, 11) is 1.80. The van der Waals surface area contributed by atoms with Gasteiger partial charge in [-0.2, -0.15) is 0 Å². The van der Waals surface area contributed by atoms with Crippen LogP contribution in [0.5, 0.6) is 0 Å². The molecule has 0 aromatic heterocycles. The predicted molar refractivity (Wildman–Crippen MR) is 84.7 cm³/mol. The van der Waals surface area contributed by atoms with Crippen molar-refractivity contribution in [3.63, 3.8) is 0 Å². The highest BCUT2D eigenvalue weighted by molar-refractivity contribution is 4.91. The maximum absolute atomic E-state index is 6.47. The molecule has 0 bridgehead atoms. The van der Waals surface area contributed by atoms with Crippen molar-refractivity contribution in [3.8, 4) is 0 Å². The summed E-state index contributed by atoms with van der Waals surface area (Å²) in [6.07, 6.45) is 5.36. The van der Waals surface area contributed by atoms with Crippen LogP contribution in [0.15, 0.2) is 0 Å². The van der Waals surface area contributed by atoms with Crippen LogP contribution in [0.2, 0.25) is 0 Å². The van der Waals surface area contributed by atoms with E-state index in [1.807, 2.05) is 0 Å². The highest BCUT2D eigenvalue weighted by Gasteiger charge is 2.37. The van der Waals surface area contributed by atoms with Gasteiger partial charge in [0.05, 0.1) is 6.61 Å². The van der Waals surface area contributed by atoms with Crippen molar-refractivity contribution < 1.29 is 4.74 Å². The van der Waals surface area contributed by atoms with Gasteiger partial charge >= 0.3 is 0 Å². The van der Waals surface area contributed by atoms with Crippen molar-refractivity contribution >= 4 is 0 Å². The maximum Gasteiger partial charge on any atom is 0.0589 e. The van der Waals surface area contributed by atoms with Gasteiger partial charge in [-0.15, -0.1) is 0 Å². The molecule has 0 radical (unpaired) electrons. The normalized spacial score (nSPS) is 36.3. The fourth-order valence-corrected chi connectivity index (χ4v) is 4.10. The smallest absolute Gasteiger partial charge is 0.0589 e. The third-order valence-corrected chi connectivity index (χ3v) is 5.64. The van der Waals surface area contributed by atoms with Gasteiger partial charge in [0.15, 0.2) is 0 Å². The lowest BCUT2D eigenvalue weighted by Crippen LogP contribution is -2.49. The average Bonchev–Trinajstić information content (AvgIpc) is 3.20. The van der Waals surface area contributed by atoms with Crippen LogP contribution in [0.25, 0.3) is 0 Å². The molecule has 0 aliphatic heterocycles. The minimum absolute atomic E-state index is 0.380. The van der Waals surface area contributed by atoms with E-state index in [4.69, 9.17) is 10.5 Å². The molecule has 2 aliphatic carbocycles. The second-order valence-corrected chi connectivity index (χ2v) is 7.45. The van der Waals surface area contributed by atoms with Crippen molar-refractivity contribution in [2.75, 3.05) is 26.8 Å². The number of hydrogen-bond donors (Lipinski definition) is 1. The zero-order valence-electron chi connectivity index (χ0n) is 13.8. The van der Waals surface area contributed by atoms with Gasteiger partial charge in [-0.25, -0.2) is 0 Å². The van der Waals surface area contributed by atoms with Crippen molar-refractivity contribution in [1.29, 1.82) is 0 Å². The van der Waals surface area contributed by atoms with Crippen LogP contribution in [-0.4, -0.2) is 43.8 Å². The van der Waals surface area contributed by atoms with Crippen LogP contribution in [0, 0.1) is 23.7 Å². The van der Waals surface area contributed by atoms with E-state index in [2.05, 4.69) is 25.7 Å². The third-order valence-electron chi connectivity index (χ3n) is 5.64. The summed E-state index contributed by atoms with van der Waals surface area (Å²) in [5.74, 6) is 3.12. The minimum Gasteiger partial charge on any atom is -0.383 e. The Hall–Kier alpha value is -0.120. The molecule has 0 aromatic carbocycles. The molecule has 0 saturated heterocycles. The fourth-order valence-electron chi connectivity index (χ4n) is 4.10. The third kappa shape index (κ3) is 4.19. The molecule has 20 heavy (non-hydrogen) atoms. The summed E-state index contributed by atoms with van der Waals surface area (Å²) < 4.78 is 5.31. The lowest BCUT2D eigenvalue weighted by Gasteiger charge is -2.42. The van der Waals surface area contributed by atoms with Gasteiger partial charge in [0, 0.05) is 32.3 Å². The monoisotopic (exact) mass is 282 g/mol. The summed E-state index contributed by atoms with van der Waals surface area (Å²) in [5.41, 5.74) is 6.47. The molecule has 2 N–H and O–H groups in total. The van der Waals surface area contributed by atoms with Crippen molar-refractivity contribution in [2.24, 2.45) is 29.4 Å². The quantitative estimate of drug-likeness (QED) is 0.780. The molecule has 2 fully saturated rings. The summed E-state index contributed by atoms with van der Waals surface area (Å²) in [4.78, 5) is 2.65. The van der Waals surface area contributed by atoms with E-state index in [0.717, 1.165) is 37.5 Å². The number of ether oxygens (including phenoxy) is 1. The SMILES string of the molecule is COCCN(CC1C(C)CC(C)CC1N)C(C)C1CC1. The van der Waals surface area contributed by atoms with E-state index in [-0.39, 0.29) is 0 Å². The first-order valence-electron chi connectivity index (χ1n) is 8.51. The van der Waals surface area contributed by atoms with Crippen LogP contribution in [0.1, 0.15) is 46.5 Å². The number of nitrogens with two attached hydrogens (primary N) is 1. The Morgan fingerprint density at radius 3 is 2.50 bits per heavy atom. The molecule has 0 spiro atoms. The molecule has 2 saturated carbocycles. The standard InChI is InChI=1S/C17H34N2O/c1-12-9-13(2)16(17(18)10-12)11-19(7-8-20-4)14(3)15-5-6-15/h12-17H,5-11,18H2,1-4H3. The van der Waals surface area contributed by atoms with E-state index in [1.54, 1.807) is 7.11 Å². The molecule has 2 aliphatic rings. The summed E-state index contributed by atoms with van der Waals surface area (Å²) >= 11 is 0. The van der Waals surface area contributed by atoms with E-state index in [9.17, 15) is 0 Å². The number of nitrogens with zero attached hydrogens (tertiary/aromatic N) is 1. The Morgan fingerprint density at radius 1 is 1.25 bits per heavy atom. The number of rotatable bonds is 7. The molecule has 118 valence electrons. The average molecular weight is 282 g/mol. The van der Waals surface area contributed by atoms with Crippen LogP contribution in [0.3, 0.4) is 0 Å². The lowest BCUT2D eigenvalue weighted by molar-refractivity contribution is 0.0667. The van der Waals surface area contributed by atoms with Crippen LogP contribution in [-0.2, 0) is 4.74 Å². The number of methoxy groups -OCH3 is 1. The number of hydrogen-bond acceptors (Lipinski definition) is 3. The van der Waals surface area contributed by atoms with Gasteiger partial charge in [-0.1, -0.05) is 13.8 Å². The molecule has 5 unspecified atom stereocenters. The van der Waals surface area contributed by atoms with Crippen LogP contribution >= 0.6 is 0 Å². The second-order valence-electron chi connectivity index (χ2n) is 7.45. The highest BCUT2D eigenvalue weighted by Crippen LogP contribution is 2.37. The van der Waals surface area contributed by atoms with E-state index in [1.165, 1.54) is 25.7 Å². The second kappa shape index (κ2) is 7.24. The van der Waals surface area contributed by atoms with Crippen LogP contribution < -0.4 is 5.73 Å². The largest absolute Gasteiger partial charge is 0.383 e. The highest BCUT2D eigenvalue weighted by atomic mass is 16.5. The van der Waals surface area contributed by atoms with Gasteiger partial charge in [-0.3, -0.25) is 4.90 Å². The fraction of sp³-hybridized carbons (Fsp3) is 1.00. The minimum atomic E-state index is 0.380. The first kappa shape index (κ1) is 16.3. The Bertz CT molecular complexity index is 281. The first-order chi connectivity index (χ1) is 9.52. The lowest BCUT2D eigenvalue weighted by atomic mass is 9.72. The van der Waals surface area contributed by atoms with E-state index < -0.39 is 0 Å². The maximum atomic E-state index is 6.47. The van der Waals surface area contributed by atoms with Crippen molar-refractivity contribution in [3.05, 3.63) is 0 Å². The van der Waals surface area contributed by atoms with Gasteiger partial charge in [-0.05, 0) is 56.3 Å². The molecular formula is C17H34N2O. The first-order valence-corrected chi connectivity index (χ1v) is 8.51. The molecule has 3 heteroatoms. The van der Waals surface area contributed by atoms with E-state index in [0.29, 0.717) is 18.0 Å². The van der Waals surface area contributed by atoms with Gasteiger partial charge < -0.3 is 10.5 Å². The molecular weight excluding hydrogens is 248 g/mol. The van der Waals surface area contributed by atoms with Gasteiger partial charge in [0.1, 0.15) is 0 Å². The van der Waals surface area contributed by atoms with E-state index >= 15 is 0 Å². The van der Waals surface area contributed by atoms with Gasteiger partial charge in [0.2, 0.25) is 0 Å². The summed E-state index contributed by atoms with van der Waals surface area (Å²) in [6.45, 7) is 10.2. The molecule has 0 aromatic rings. The van der Waals surface area contributed by atoms with Gasteiger partial charge in [0.25, 0.3) is 0 Å². The molecule has 2 rings (SSSR count). The van der Waals surface area contributed by atoms with Crippen molar-refractivity contribution in [2.45, 2.75) is 58.5 Å². The summed E-state index contributed by atoms with van der Waals surface area (Å²) in [6, 6.07) is 1.08. The Kier molecular flexibility index (Phi) is 5.88.